The van der Waals surface area contributed by atoms with Crippen LogP contribution in [0.5, 0.6) is 0 Å². The molecule has 0 amide bonds. The average Bonchev–Trinajstić information content (AvgIpc) is 2.02. The quantitative estimate of drug-likeness (QED) is 0.486. The van der Waals surface area contributed by atoms with Crippen LogP contribution in [-0.4, -0.2) is 37.4 Å². The van der Waals surface area contributed by atoms with Gasteiger partial charge in [0.25, 0.3) is 0 Å². The van der Waals surface area contributed by atoms with Crippen molar-refractivity contribution in [3.63, 3.8) is 0 Å². The van der Waals surface area contributed by atoms with Crippen LogP contribution in [0, 0.1) is 5.92 Å². The molecule has 0 aromatic carbocycles. The molecule has 14 heavy (non-hydrogen) atoms. The number of oxime groups is 1. The summed E-state index contributed by atoms with van der Waals surface area (Å²) in [5.41, 5.74) is 1.06. The molecule has 0 aromatic rings. The summed E-state index contributed by atoms with van der Waals surface area (Å²) in [6, 6.07) is 0.515. The topological polar surface area (TPSA) is 24.8 Å². The molecule has 0 N–H and O–H groups in total. The monoisotopic (exact) mass is 200 g/mol. The molecular weight excluding hydrogens is 176 g/mol. The first-order chi connectivity index (χ1) is 6.43. The Balaban J connectivity index is 3.77. The summed E-state index contributed by atoms with van der Waals surface area (Å²) >= 11 is 0. The normalized spacial score (nSPS) is 15.0. The van der Waals surface area contributed by atoms with Gasteiger partial charge in [0.05, 0.1) is 5.71 Å². The lowest BCUT2D eigenvalue weighted by molar-refractivity contribution is 0.117. The largest absolute Gasteiger partial charge is 0.396 e. The van der Waals surface area contributed by atoms with Crippen LogP contribution in [0.3, 0.4) is 0 Å². The van der Waals surface area contributed by atoms with Crippen molar-refractivity contribution in [3.8, 4) is 0 Å². The van der Waals surface area contributed by atoms with Crippen molar-refractivity contribution in [2.24, 2.45) is 11.1 Å². The highest BCUT2D eigenvalue weighted by atomic mass is 16.6. The van der Waals surface area contributed by atoms with Gasteiger partial charge in [0.15, 0.2) is 0 Å². The lowest BCUT2D eigenvalue weighted by Gasteiger charge is -2.18. The Labute approximate surface area is 88.1 Å². The molecule has 0 spiro atoms. The van der Waals surface area contributed by atoms with Gasteiger partial charge in [-0.05, 0) is 33.9 Å². The predicted octanol–water partition coefficient (Wildman–Crippen LogP) is 2.38. The molecule has 0 aliphatic heterocycles. The van der Waals surface area contributed by atoms with E-state index in [0.717, 1.165) is 12.1 Å². The molecule has 0 bridgehead atoms. The van der Waals surface area contributed by atoms with Gasteiger partial charge in [-0.25, -0.2) is 0 Å². The molecule has 3 nitrogen and oxygen atoms in total. The van der Waals surface area contributed by atoms with Crippen LogP contribution in [0.15, 0.2) is 5.16 Å². The predicted molar refractivity (Wildman–Crippen MR) is 61.7 cm³/mol. The van der Waals surface area contributed by atoms with E-state index in [1.165, 1.54) is 0 Å². The van der Waals surface area contributed by atoms with Crippen molar-refractivity contribution in [1.29, 1.82) is 0 Å². The molecule has 0 radical (unpaired) electrons. The molecule has 0 aliphatic rings. The Hall–Kier alpha value is -0.570. The number of hydrogen-bond donors (Lipinski definition) is 0. The van der Waals surface area contributed by atoms with Crippen molar-refractivity contribution >= 4 is 5.71 Å². The second-order valence-electron chi connectivity index (χ2n) is 4.53. The van der Waals surface area contributed by atoms with Crippen molar-refractivity contribution in [3.05, 3.63) is 0 Å². The zero-order valence-corrected chi connectivity index (χ0v) is 10.4. The average molecular weight is 200 g/mol. The standard InChI is InChI=1S/C11H24N2O/c1-9(2)8-14-12-10(3)7-11(4)13(5)6/h9,11H,7-8H2,1-6H3/b12-10-. The maximum Gasteiger partial charge on any atom is 0.119 e. The molecule has 0 saturated carbocycles. The molecule has 0 saturated heterocycles. The summed E-state index contributed by atoms with van der Waals surface area (Å²) < 4.78 is 0. The van der Waals surface area contributed by atoms with Crippen molar-refractivity contribution in [1.82, 2.24) is 4.90 Å². The third kappa shape index (κ3) is 6.89. The minimum absolute atomic E-state index is 0.515. The summed E-state index contributed by atoms with van der Waals surface area (Å²) in [4.78, 5) is 7.39. The van der Waals surface area contributed by atoms with Gasteiger partial charge < -0.3 is 9.74 Å². The van der Waals surface area contributed by atoms with E-state index >= 15 is 0 Å². The lowest BCUT2D eigenvalue weighted by Crippen LogP contribution is -2.26. The van der Waals surface area contributed by atoms with Crippen LogP contribution in [-0.2, 0) is 4.84 Å². The molecule has 0 aromatic heterocycles. The first-order valence-corrected chi connectivity index (χ1v) is 5.25. The van der Waals surface area contributed by atoms with Gasteiger partial charge in [-0.3, -0.25) is 0 Å². The molecule has 0 aliphatic carbocycles. The van der Waals surface area contributed by atoms with E-state index in [-0.39, 0.29) is 0 Å². The maximum atomic E-state index is 5.21. The van der Waals surface area contributed by atoms with Crippen LogP contribution in [0.1, 0.15) is 34.1 Å². The van der Waals surface area contributed by atoms with Gasteiger partial charge in [-0.15, -0.1) is 0 Å². The molecule has 1 atom stereocenters. The van der Waals surface area contributed by atoms with E-state index < -0.39 is 0 Å². The van der Waals surface area contributed by atoms with Crippen LogP contribution >= 0.6 is 0 Å². The fourth-order valence-electron chi connectivity index (χ4n) is 0.944. The zero-order valence-electron chi connectivity index (χ0n) is 10.4. The van der Waals surface area contributed by atoms with Gasteiger partial charge in [0.1, 0.15) is 6.61 Å². The Kier molecular flexibility index (Phi) is 6.54. The van der Waals surface area contributed by atoms with E-state index in [0.29, 0.717) is 18.6 Å². The molecule has 3 heteroatoms. The molecule has 1 unspecified atom stereocenters. The smallest absolute Gasteiger partial charge is 0.119 e. The van der Waals surface area contributed by atoms with Crippen molar-refractivity contribution < 1.29 is 4.84 Å². The number of nitrogens with zero attached hydrogens (tertiary/aromatic N) is 2. The fraction of sp³-hybridized carbons (Fsp3) is 0.909. The van der Waals surface area contributed by atoms with Crippen LogP contribution in [0.2, 0.25) is 0 Å². The van der Waals surface area contributed by atoms with E-state index in [9.17, 15) is 0 Å². The van der Waals surface area contributed by atoms with Crippen molar-refractivity contribution in [2.75, 3.05) is 20.7 Å². The molecule has 84 valence electrons. The summed E-state index contributed by atoms with van der Waals surface area (Å²) in [6.45, 7) is 9.13. The van der Waals surface area contributed by atoms with E-state index in [1.807, 2.05) is 6.92 Å². The Morgan fingerprint density at radius 3 is 2.29 bits per heavy atom. The van der Waals surface area contributed by atoms with Crippen LogP contribution < -0.4 is 0 Å². The van der Waals surface area contributed by atoms with Gasteiger partial charge in [0, 0.05) is 12.5 Å². The zero-order chi connectivity index (χ0) is 11.1. The van der Waals surface area contributed by atoms with E-state index in [1.54, 1.807) is 0 Å². The van der Waals surface area contributed by atoms with E-state index in [2.05, 4.69) is 44.9 Å². The van der Waals surface area contributed by atoms with Crippen molar-refractivity contribution in [2.45, 2.75) is 40.2 Å². The van der Waals surface area contributed by atoms with Crippen LogP contribution in [0.25, 0.3) is 0 Å². The van der Waals surface area contributed by atoms with Gasteiger partial charge >= 0.3 is 0 Å². The Bertz CT molecular complexity index is 176. The summed E-state index contributed by atoms with van der Waals surface area (Å²) in [7, 11) is 4.15. The lowest BCUT2D eigenvalue weighted by atomic mass is 10.1. The SMILES string of the molecule is C/C(CC(C)N(C)C)=N/OCC(C)C. The minimum Gasteiger partial charge on any atom is -0.396 e. The number of hydrogen-bond acceptors (Lipinski definition) is 3. The third-order valence-electron chi connectivity index (χ3n) is 2.10. The van der Waals surface area contributed by atoms with Crippen LogP contribution in [0.4, 0.5) is 0 Å². The summed E-state index contributed by atoms with van der Waals surface area (Å²) in [5.74, 6) is 0.540. The molecular formula is C11H24N2O. The highest BCUT2D eigenvalue weighted by molar-refractivity contribution is 5.81. The summed E-state index contributed by atoms with van der Waals surface area (Å²) in [5, 5.41) is 4.08. The first-order valence-electron chi connectivity index (χ1n) is 5.25. The number of rotatable bonds is 6. The second kappa shape index (κ2) is 6.82. The highest BCUT2D eigenvalue weighted by Gasteiger charge is 2.06. The molecule has 0 rings (SSSR count). The second-order valence-corrected chi connectivity index (χ2v) is 4.53. The van der Waals surface area contributed by atoms with E-state index in [4.69, 9.17) is 4.84 Å². The fourth-order valence-corrected chi connectivity index (χ4v) is 0.944. The maximum absolute atomic E-state index is 5.21. The Morgan fingerprint density at radius 2 is 1.86 bits per heavy atom. The minimum atomic E-state index is 0.515. The molecule has 0 heterocycles. The summed E-state index contributed by atoms with van der Waals surface area (Å²) in [6.07, 6.45) is 0.963. The third-order valence-corrected chi connectivity index (χ3v) is 2.10. The first kappa shape index (κ1) is 13.4. The van der Waals surface area contributed by atoms with Gasteiger partial charge in [-0.2, -0.15) is 0 Å². The molecule has 0 fully saturated rings. The Morgan fingerprint density at radius 1 is 1.29 bits per heavy atom. The van der Waals surface area contributed by atoms with Gasteiger partial charge in [-0.1, -0.05) is 19.0 Å². The highest BCUT2D eigenvalue weighted by Crippen LogP contribution is 2.01. The van der Waals surface area contributed by atoms with Gasteiger partial charge in [0.2, 0.25) is 0 Å².